The number of ether oxygens (including phenoxy) is 3. The summed E-state index contributed by atoms with van der Waals surface area (Å²) < 4.78 is 58.6. The van der Waals surface area contributed by atoms with E-state index in [4.69, 9.17) is 14.2 Å². The van der Waals surface area contributed by atoms with Gasteiger partial charge in [0.05, 0.1) is 25.4 Å². The van der Waals surface area contributed by atoms with Crippen LogP contribution in [0.15, 0.2) is 48.5 Å². The largest absolute Gasteiger partial charge is 0.493 e. The third-order valence-electron chi connectivity index (χ3n) is 4.93. The molecule has 0 unspecified atom stereocenters. The molecule has 0 fully saturated rings. The lowest BCUT2D eigenvalue weighted by molar-refractivity contribution is 0.288. The summed E-state index contributed by atoms with van der Waals surface area (Å²) in [6, 6.07) is 12.8. The maximum Gasteiger partial charge on any atom is 0.194 e. The van der Waals surface area contributed by atoms with Crippen LogP contribution in [0.2, 0.25) is 0 Å². The molecule has 0 atom stereocenters. The van der Waals surface area contributed by atoms with E-state index in [-0.39, 0.29) is 5.56 Å². The number of halogens is 3. The van der Waals surface area contributed by atoms with Gasteiger partial charge in [0.25, 0.3) is 0 Å². The highest BCUT2D eigenvalue weighted by molar-refractivity contribution is 5.80. The van der Waals surface area contributed by atoms with E-state index in [0.717, 1.165) is 42.5 Å². The van der Waals surface area contributed by atoms with Crippen molar-refractivity contribution in [1.82, 2.24) is 0 Å². The fourth-order valence-electron chi connectivity index (χ4n) is 3.36. The molecule has 176 valence electrons. The molecular formula is C27H29F3O3. The molecule has 0 saturated carbocycles. The van der Waals surface area contributed by atoms with Crippen LogP contribution in [-0.4, -0.2) is 19.8 Å². The lowest BCUT2D eigenvalue weighted by Crippen LogP contribution is -2.04. The summed E-state index contributed by atoms with van der Waals surface area (Å²) in [6.07, 6.45) is 2.56. The molecule has 0 aliphatic heterocycles. The maximum absolute atomic E-state index is 13.7. The highest BCUT2D eigenvalue weighted by atomic mass is 19.2. The third kappa shape index (κ3) is 6.01. The molecule has 6 heteroatoms. The molecule has 0 spiro atoms. The van der Waals surface area contributed by atoms with Crippen molar-refractivity contribution < 1.29 is 27.4 Å². The van der Waals surface area contributed by atoms with E-state index in [9.17, 15) is 13.2 Å². The number of hydrogen-bond donors (Lipinski definition) is 0. The van der Waals surface area contributed by atoms with E-state index in [1.165, 1.54) is 0 Å². The molecule has 0 N–H and O–H groups in total. The van der Waals surface area contributed by atoms with E-state index in [1.807, 2.05) is 45.0 Å². The fraction of sp³-hybridized carbons (Fsp3) is 0.333. The predicted molar refractivity (Wildman–Crippen MR) is 125 cm³/mol. The molecule has 0 radical (unpaired) electrons. The van der Waals surface area contributed by atoms with Crippen molar-refractivity contribution in [2.75, 3.05) is 19.8 Å². The van der Waals surface area contributed by atoms with Crippen LogP contribution in [0.25, 0.3) is 22.3 Å². The quantitative estimate of drug-likeness (QED) is 0.274. The van der Waals surface area contributed by atoms with E-state index >= 15 is 0 Å². The highest BCUT2D eigenvalue weighted by Crippen LogP contribution is 2.43. The fourth-order valence-corrected chi connectivity index (χ4v) is 3.36. The molecule has 33 heavy (non-hydrogen) atoms. The average molecular weight is 459 g/mol. The smallest absolute Gasteiger partial charge is 0.194 e. The zero-order valence-electron chi connectivity index (χ0n) is 19.2. The van der Waals surface area contributed by atoms with Crippen LogP contribution in [0.4, 0.5) is 13.2 Å². The van der Waals surface area contributed by atoms with Crippen LogP contribution in [0.1, 0.15) is 40.0 Å². The number of hydrogen-bond acceptors (Lipinski definition) is 3. The molecule has 0 aliphatic carbocycles. The van der Waals surface area contributed by atoms with Crippen LogP contribution < -0.4 is 14.2 Å². The van der Waals surface area contributed by atoms with Gasteiger partial charge in [0.1, 0.15) is 17.2 Å². The maximum atomic E-state index is 13.7. The third-order valence-corrected chi connectivity index (χ3v) is 4.93. The molecule has 3 rings (SSSR count). The molecule has 0 aliphatic rings. The minimum absolute atomic E-state index is 0.256. The minimum atomic E-state index is -1.48. The Labute approximate surface area is 193 Å². The Hall–Kier alpha value is -3.15. The molecule has 0 saturated heterocycles. The summed E-state index contributed by atoms with van der Waals surface area (Å²) in [7, 11) is 0. The van der Waals surface area contributed by atoms with E-state index in [1.54, 1.807) is 12.1 Å². The second kappa shape index (κ2) is 11.6. The first-order valence-corrected chi connectivity index (χ1v) is 11.3. The molecule has 3 aromatic carbocycles. The Morgan fingerprint density at radius 1 is 0.576 bits per heavy atom. The summed E-state index contributed by atoms with van der Waals surface area (Å²) in [4.78, 5) is 0. The van der Waals surface area contributed by atoms with Gasteiger partial charge in [-0.1, -0.05) is 45.0 Å². The first-order chi connectivity index (χ1) is 16.0. The standard InChI is InChI=1S/C27H29F3O3/c1-4-11-31-21-16-24(32-12-5-2)26(25(17-21)33-13-6-3)19-9-7-18(8-10-19)20-14-22(28)27(30)23(29)15-20/h7-10,14-17H,4-6,11-13H2,1-3H3. The minimum Gasteiger partial charge on any atom is -0.493 e. The first kappa shape index (κ1) is 24.5. The van der Waals surface area contributed by atoms with Crippen molar-refractivity contribution in [2.45, 2.75) is 40.0 Å². The van der Waals surface area contributed by atoms with Crippen molar-refractivity contribution >= 4 is 0 Å². The lowest BCUT2D eigenvalue weighted by atomic mass is 9.98. The first-order valence-electron chi connectivity index (χ1n) is 11.3. The zero-order valence-corrected chi connectivity index (χ0v) is 19.2. The van der Waals surface area contributed by atoms with Crippen LogP contribution in [-0.2, 0) is 0 Å². The number of benzene rings is 3. The van der Waals surface area contributed by atoms with Crippen molar-refractivity contribution in [3.63, 3.8) is 0 Å². The van der Waals surface area contributed by atoms with E-state index in [2.05, 4.69) is 0 Å². The van der Waals surface area contributed by atoms with Crippen LogP contribution in [0, 0.1) is 17.5 Å². The Morgan fingerprint density at radius 3 is 1.52 bits per heavy atom. The Kier molecular flexibility index (Phi) is 8.64. The molecule has 3 nitrogen and oxygen atoms in total. The SMILES string of the molecule is CCCOc1cc(OCCC)c(-c2ccc(-c3cc(F)c(F)c(F)c3)cc2)c(OCCC)c1. The zero-order chi connectivity index (χ0) is 23.8. The second-order valence-corrected chi connectivity index (χ2v) is 7.67. The Balaban J connectivity index is 2.05. The van der Waals surface area contributed by atoms with Crippen molar-refractivity contribution in [1.29, 1.82) is 0 Å². The lowest BCUT2D eigenvalue weighted by Gasteiger charge is -2.19. The second-order valence-electron chi connectivity index (χ2n) is 7.67. The van der Waals surface area contributed by atoms with Gasteiger partial charge in [0.15, 0.2) is 17.5 Å². The van der Waals surface area contributed by atoms with Crippen LogP contribution >= 0.6 is 0 Å². The Bertz CT molecular complexity index is 1010. The van der Waals surface area contributed by atoms with Crippen molar-refractivity contribution in [3.05, 3.63) is 66.0 Å². The van der Waals surface area contributed by atoms with Gasteiger partial charge in [-0.25, -0.2) is 13.2 Å². The monoisotopic (exact) mass is 458 g/mol. The summed E-state index contributed by atoms with van der Waals surface area (Å²) in [5, 5.41) is 0. The van der Waals surface area contributed by atoms with E-state index in [0.29, 0.717) is 42.6 Å². The van der Waals surface area contributed by atoms with Crippen LogP contribution in [0.5, 0.6) is 17.2 Å². The van der Waals surface area contributed by atoms with Crippen molar-refractivity contribution in [2.24, 2.45) is 0 Å². The van der Waals surface area contributed by atoms with Crippen LogP contribution in [0.3, 0.4) is 0 Å². The highest BCUT2D eigenvalue weighted by Gasteiger charge is 2.18. The summed E-state index contributed by atoms with van der Waals surface area (Å²) in [5.41, 5.74) is 2.42. The molecule has 0 heterocycles. The average Bonchev–Trinajstić information content (AvgIpc) is 2.83. The van der Waals surface area contributed by atoms with Crippen molar-refractivity contribution in [3.8, 4) is 39.5 Å². The van der Waals surface area contributed by atoms with Gasteiger partial charge in [0, 0.05) is 12.1 Å². The molecular weight excluding hydrogens is 429 g/mol. The molecule has 0 amide bonds. The van der Waals surface area contributed by atoms with Gasteiger partial charge in [0.2, 0.25) is 0 Å². The summed E-state index contributed by atoms with van der Waals surface area (Å²) >= 11 is 0. The topological polar surface area (TPSA) is 27.7 Å². The predicted octanol–water partition coefficient (Wildman–Crippen LogP) is 7.80. The van der Waals surface area contributed by atoms with Gasteiger partial charge >= 0.3 is 0 Å². The van der Waals surface area contributed by atoms with E-state index < -0.39 is 17.5 Å². The van der Waals surface area contributed by atoms with Gasteiger partial charge in [-0.05, 0) is 48.1 Å². The molecule has 0 bridgehead atoms. The number of rotatable bonds is 11. The molecule has 3 aromatic rings. The summed E-state index contributed by atoms with van der Waals surface area (Å²) in [6.45, 7) is 7.74. The van der Waals surface area contributed by atoms with Gasteiger partial charge < -0.3 is 14.2 Å². The van der Waals surface area contributed by atoms with Gasteiger partial charge in [-0.15, -0.1) is 0 Å². The summed E-state index contributed by atoms with van der Waals surface area (Å²) in [5.74, 6) is -1.96. The Morgan fingerprint density at radius 2 is 1.03 bits per heavy atom. The molecule has 0 aromatic heterocycles. The van der Waals surface area contributed by atoms with Gasteiger partial charge in [-0.2, -0.15) is 0 Å². The van der Waals surface area contributed by atoms with Gasteiger partial charge in [-0.3, -0.25) is 0 Å². The normalized spacial score (nSPS) is 10.8.